The van der Waals surface area contributed by atoms with Crippen molar-refractivity contribution in [1.29, 1.82) is 0 Å². The molecule has 0 N–H and O–H groups in total. The highest BCUT2D eigenvalue weighted by atomic mass is 16.3. The van der Waals surface area contributed by atoms with Crippen LogP contribution in [0.4, 0.5) is 17.1 Å². The van der Waals surface area contributed by atoms with Gasteiger partial charge in [0.15, 0.2) is 0 Å². The molecule has 14 aromatic rings. The number of anilines is 3. The molecular weight excluding hydrogens is 909 g/mol. The van der Waals surface area contributed by atoms with E-state index in [2.05, 4.69) is 289 Å². The van der Waals surface area contributed by atoms with E-state index >= 15 is 0 Å². The molecule has 0 saturated carbocycles. The summed E-state index contributed by atoms with van der Waals surface area (Å²) in [5, 5.41) is 4.81. The number of aromatic nitrogens is 1. The smallest absolute Gasteiger partial charge is 0.136 e. The molecule has 2 aromatic heterocycles. The van der Waals surface area contributed by atoms with Crippen LogP contribution in [-0.4, -0.2) is 4.57 Å². The molecule has 3 heteroatoms. The fourth-order valence-electron chi connectivity index (χ4n) is 11.1. The van der Waals surface area contributed by atoms with Gasteiger partial charge in [0.25, 0.3) is 0 Å². The first-order valence-corrected chi connectivity index (χ1v) is 25.6. The molecule has 0 fully saturated rings. The summed E-state index contributed by atoms with van der Waals surface area (Å²) in [6, 6.07) is 105. The van der Waals surface area contributed by atoms with Crippen molar-refractivity contribution in [2.75, 3.05) is 4.90 Å². The van der Waals surface area contributed by atoms with Crippen molar-refractivity contribution in [3.05, 3.63) is 291 Å². The lowest BCUT2D eigenvalue weighted by atomic mass is 9.95. The molecule has 75 heavy (non-hydrogen) atoms. The van der Waals surface area contributed by atoms with Crippen LogP contribution in [0.2, 0.25) is 0 Å². The zero-order chi connectivity index (χ0) is 49.7. The third-order valence-electron chi connectivity index (χ3n) is 14.8. The third-order valence-corrected chi connectivity index (χ3v) is 14.8. The maximum Gasteiger partial charge on any atom is 0.136 e. The van der Waals surface area contributed by atoms with Gasteiger partial charge in [-0.2, -0.15) is 0 Å². The Kier molecular flexibility index (Phi) is 10.8. The number of benzene rings is 12. The molecule has 14 rings (SSSR count). The summed E-state index contributed by atoms with van der Waals surface area (Å²) < 4.78 is 8.63. The van der Waals surface area contributed by atoms with Gasteiger partial charge < -0.3 is 13.9 Å². The highest BCUT2D eigenvalue weighted by Crippen LogP contribution is 2.41. The number of hydrogen-bond donors (Lipinski definition) is 0. The van der Waals surface area contributed by atoms with Gasteiger partial charge in [0.05, 0.1) is 11.0 Å². The van der Waals surface area contributed by atoms with Crippen LogP contribution in [0.25, 0.3) is 116 Å². The molecule has 0 aliphatic carbocycles. The van der Waals surface area contributed by atoms with Crippen molar-refractivity contribution in [3.8, 4) is 72.4 Å². The molecule has 0 spiro atoms. The first kappa shape index (κ1) is 43.8. The third kappa shape index (κ3) is 8.04. The lowest BCUT2D eigenvalue weighted by Crippen LogP contribution is -2.10. The van der Waals surface area contributed by atoms with E-state index in [1.54, 1.807) is 0 Å². The summed E-state index contributed by atoms with van der Waals surface area (Å²) >= 11 is 0. The van der Waals surface area contributed by atoms with E-state index in [-0.39, 0.29) is 0 Å². The average molecular weight is 957 g/mol. The molecule has 352 valence electrons. The fourth-order valence-corrected chi connectivity index (χ4v) is 11.1. The largest absolute Gasteiger partial charge is 0.456 e. The van der Waals surface area contributed by atoms with Crippen LogP contribution in [0.1, 0.15) is 0 Å². The zero-order valence-electron chi connectivity index (χ0n) is 41.0. The van der Waals surface area contributed by atoms with Crippen molar-refractivity contribution in [1.82, 2.24) is 4.57 Å². The Morgan fingerprint density at radius 1 is 0.253 bits per heavy atom. The molecule has 0 unspecified atom stereocenters. The SMILES string of the molecule is c1ccc(-c2ccc(-c3cccc(N(c4ccc(-c5ccc(-c6ccc(-n7c8ccccc8c8ccccc87)cc6)cc5)cc4)c4ccc(-c5cccc(-c6cccc7oc8ccccc8c67)c5)cc4)c3)cc2)cc1. The van der Waals surface area contributed by atoms with Crippen molar-refractivity contribution in [3.63, 3.8) is 0 Å². The molecular formula is C72H48N2O. The molecule has 2 heterocycles. The Morgan fingerprint density at radius 2 is 0.653 bits per heavy atom. The summed E-state index contributed by atoms with van der Waals surface area (Å²) in [6.45, 7) is 0. The fraction of sp³-hybridized carbons (Fsp3) is 0. The van der Waals surface area contributed by atoms with Crippen molar-refractivity contribution >= 4 is 60.8 Å². The van der Waals surface area contributed by atoms with Gasteiger partial charge in [0.2, 0.25) is 0 Å². The highest BCUT2D eigenvalue weighted by molar-refractivity contribution is 6.13. The van der Waals surface area contributed by atoms with Crippen LogP contribution < -0.4 is 4.90 Å². The van der Waals surface area contributed by atoms with Crippen molar-refractivity contribution < 1.29 is 4.42 Å². The maximum atomic E-state index is 6.26. The van der Waals surface area contributed by atoms with Gasteiger partial charge in [0, 0.05) is 44.3 Å². The number of fused-ring (bicyclic) bond motifs is 6. The Hall–Kier alpha value is -9.96. The Balaban J connectivity index is 0.774. The van der Waals surface area contributed by atoms with Gasteiger partial charge in [-0.25, -0.2) is 0 Å². The minimum Gasteiger partial charge on any atom is -0.456 e. The summed E-state index contributed by atoms with van der Waals surface area (Å²) in [4.78, 5) is 2.36. The van der Waals surface area contributed by atoms with Gasteiger partial charge in [0.1, 0.15) is 11.2 Å². The average Bonchev–Trinajstić information content (AvgIpc) is 4.05. The minimum atomic E-state index is 0.900. The second-order valence-corrected chi connectivity index (χ2v) is 19.3. The highest BCUT2D eigenvalue weighted by Gasteiger charge is 2.17. The second-order valence-electron chi connectivity index (χ2n) is 19.3. The van der Waals surface area contributed by atoms with Crippen LogP contribution in [0.15, 0.2) is 296 Å². The van der Waals surface area contributed by atoms with Gasteiger partial charge in [-0.3, -0.25) is 0 Å². The lowest BCUT2D eigenvalue weighted by Gasteiger charge is -2.26. The number of rotatable bonds is 10. The van der Waals surface area contributed by atoms with E-state index in [1.165, 1.54) is 55.2 Å². The minimum absolute atomic E-state index is 0.900. The van der Waals surface area contributed by atoms with Crippen molar-refractivity contribution in [2.24, 2.45) is 0 Å². The molecule has 0 saturated heterocycles. The van der Waals surface area contributed by atoms with Gasteiger partial charge in [-0.05, 0) is 146 Å². The number of para-hydroxylation sites is 3. The van der Waals surface area contributed by atoms with Crippen LogP contribution in [0.5, 0.6) is 0 Å². The first-order valence-electron chi connectivity index (χ1n) is 25.6. The summed E-state index contributed by atoms with van der Waals surface area (Å²) in [6.07, 6.45) is 0. The van der Waals surface area contributed by atoms with Crippen LogP contribution >= 0.6 is 0 Å². The predicted octanol–water partition coefficient (Wildman–Crippen LogP) is 20.2. The monoisotopic (exact) mass is 956 g/mol. The molecule has 0 radical (unpaired) electrons. The topological polar surface area (TPSA) is 21.3 Å². The maximum absolute atomic E-state index is 6.26. The zero-order valence-corrected chi connectivity index (χ0v) is 41.0. The number of nitrogens with zero attached hydrogens (tertiary/aromatic N) is 2. The van der Waals surface area contributed by atoms with E-state index in [4.69, 9.17) is 4.42 Å². The summed E-state index contributed by atoms with van der Waals surface area (Å²) in [7, 11) is 0. The van der Waals surface area contributed by atoms with E-state index < -0.39 is 0 Å². The molecule has 0 aliphatic rings. The lowest BCUT2D eigenvalue weighted by molar-refractivity contribution is 0.669. The van der Waals surface area contributed by atoms with Gasteiger partial charge in [-0.15, -0.1) is 0 Å². The number of hydrogen-bond acceptors (Lipinski definition) is 2. The quantitative estimate of drug-likeness (QED) is 0.136. The molecule has 12 aromatic carbocycles. The van der Waals surface area contributed by atoms with E-state index in [1.807, 2.05) is 12.1 Å². The predicted molar refractivity (Wildman–Crippen MR) is 315 cm³/mol. The van der Waals surface area contributed by atoms with Crippen LogP contribution in [0, 0.1) is 0 Å². The van der Waals surface area contributed by atoms with Gasteiger partial charge >= 0.3 is 0 Å². The van der Waals surface area contributed by atoms with E-state index in [0.29, 0.717) is 0 Å². The van der Waals surface area contributed by atoms with Gasteiger partial charge in [-0.1, -0.05) is 212 Å². The van der Waals surface area contributed by atoms with Crippen LogP contribution in [0.3, 0.4) is 0 Å². The Morgan fingerprint density at radius 3 is 1.24 bits per heavy atom. The Labute approximate surface area is 436 Å². The summed E-state index contributed by atoms with van der Waals surface area (Å²) in [5.74, 6) is 0. The normalized spacial score (nSPS) is 11.5. The van der Waals surface area contributed by atoms with Crippen LogP contribution in [-0.2, 0) is 0 Å². The second kappa shape index (κ2) is 18.6. The Bertz CT molecular complexity index is 4300. The van der Waals surface area contributed by atoms with E-state index in [9.17, 15) is 0 Å². The molecule has 0 atom stereocenters. The first-order chi connectivity index (χ1) is 37.2. The van der Waals surface area contributed by atoms with Crippen molar-refractivity contribution in [2.45, 2.75) is 0 Å². The molecule has 0 aliphatic heterocycles. The molecule has 0 bridgehead atoms. The molecule has 0 amide bonds. The number of furan rings is 1. The summed E-state index contributed by atoms with van der Waals surface area (Å²) in [5.41, 5.74) is 22.7. The standard InChI is InChI=1S/C72H48N2O/c1-2-13-49(14-3-1)50-31-33-55(34-32-50)58-16-11-18-63(48-58)73(61-43-39-56(40-44-61)57-15-10-17-59(47-57)64-22-12-26-71-72(64)67-21-6-9-25-70(67)75-71)60-41-35-53(36-42-60)51-27-29-52(30-28-51)54-37-45-62(46-38-54)74-68-23-7-4-19-65(68)66-20-5-8-24-69(66)74/h1-48H. The molecule has 3 nitrogen and oxygen atoms in total. The van der Waals surface area contributed by atoms with E-state index in [0.717, 1.165) is 78.1 Å².